The summed E-state index contributed by atoms with van der Waals surface area (Å²) in [6.45, 7) is 4.75. The van der Waals surface area contributed by atoms with Crippen molar-refractivity contribution in [1.29, 1.82) is 0 Å². The molecule has 3 aromatic carbocycles. The Kier molecular flexibility index (Phi) is 8.42. The van der Waals surface area contributed by atoms with Crippen LogP contribution in [0.3, 0.4) is 0 Å². The van der Waals surface area contributed by atoms with Gasteiger partial charge in [0.1, 0.15) is 5.82 Å². The zero-order valence-corrected chi connectivity index (χ0v) is 20.2. The Balaban J connectivity index is 1.45. The Morgan fingerprint density at radius 2 is 1.54 bits per heavy atom. The van der Waals surface area contributed by atoms with E-state index in [9.17, 15) is 13.2 Å². The fourth-order valence-corrected chi connectivity index (χ4v) is 4.44. The van der Waals surface area contributed by atoms with E-state index in [1.54, 1.807) is 42.5 Å². The van der Waals surface area contributed by atoms with Gasteiger partial charge in [0.2, 0.25) is 0 Å². The molecule has 0 N–H and O–H groups in total. The monoisotopic (exact) mass is 480 g/mol. The van der Waals surface area contributed by atoms with E-state index in [0.717, 1.165) is 24.8 Å². The van der Waals surface area contributed by atoms with Crippen LogP contribution in [0.25, 0.3) is 22.3 Å². The normalized spacial score (nSPS) is 18.3. The fraction of sp³-hybridized carbons (Fsp3) is 0.333. The summed E-state index contributed by atoms with van der Waals surface area (Å²) >= 11 is 0. The van der Waals surface area contributed by atoms with Crippen molar-refractivity contribution in [3.8, 4) is 22.3 Å². The zero-order chi connectivity index (χ0) is 24.8. The smallest absolute Gasteiger partial charge is 0.166 e. The van der Waals surface area contributed by atoms with E-state index in [1.165, 1.54) is 6.07 Å². The molecule has 184 valence electrons. The summed E-state index contributed by atoms with van der Waals surface area (Å²) < 4.78 is 55.5. The summed E-state index contributed by atoms with van der Waals surface area (Å²) in [6, 6.07) is 15.5. The van der Waals surface area contributed by atoms with Crippen molar-refractivity contribution >= 4 is 0 Å². The largest absolute Gasteiger partial charge is 0.352 e. The van der Waals surface area contributed by atoms with Gasteiger partial charge in [-0.25, -0.2) is 13.2 Å². The topological polar surface area (TPSA) is 18.5 Å². The number of aryl methyl sites for hydroxylation is 1. The standard InChI is InChI=1S/C30H31F3O2/c1-3-5-6-8-28-34-18-24(19-35-28)25-15-14-23(17-27(25)31)20-9-11-21(12-10-20)26-16-13-22(7-4-2)29(32)30(26)33/h3,5,9-17,24,28H,4,6-8,18-19H2,1-2H3/b5-3+. The van der Waals surface area contributed by atoms with Crippen LogP contribution in [0.2, 0.25) is 0 Å². The van der Waals surface area contributed by atoms with Crippen LogP contribution in [0, 0.1) is 17.5 Å². The highest BCUT2D eigenvalue weighted by Gasteiger charge is 2.25. The number of benzene rings is 3. The van der Waals surface area contributed by atoms with E-state index in [1.807, 2.05) is 26.0 Å². The van der Waals surface area contributed by atoms with E-state index in [-0.39, 0.29) is 23.6 Å². The van der Waals surface area contributed by atoms with Crippen molar-refractivity contribution in [2.75, 3.05) is 13.2 Å². The predicted molar refractivity (Wildman–Crippen MR) is 134 cm³/mol. The predicted octanol–water partition coefficient (Wildman–Crippen LogP) is 8.20. The van der Waals surface area contributed by atoms with Crippen molar-refractivity contribution in [3.05, 3.63) is 95.3 Å². The van der Waals surface area contributed by atoms with E-state index in [2.05, 4.69) is 6.08 Å². The van der Waals surface area contributed by atoms with Crippen LogP contribution in [-0.2, 0) is 15.9 Å². The molecule has 0 unspecified atom stereocenters. The van der Waals surface area contributed by atoms with E-state index >= 15 is 0 Å². The first-order valence-electron chi connectivity index (χ1n) is 12.2. The molecule has 0 saturated carbocycles. The Bertz CT molecular complexity index is 1160. The summed E-state index contributed by atoms with van der Waals surface area (Å²) in [5.74, 6) is -2.08. The van der Waals surface area contributed by atoms with Crippen molar-refractivity contribution in [2.24, 2.45) is 0 Å². The van der Waals surface area contributed by atoms with Gasteiger partial charge < -0.3 is 9.47 Å². The van der Waals surface area contributed by atoms with E-state index in [0.29, 0.717) is 41.9 Å². The highest BCUT2D eigenvalue weighted by molar-refractivity contribution is 5.71. The molecule has 0 aliphatic carbocycles. The van der Waals surface area contributed by atoms with Gasteiger partial charge in [-0.05, 0) is 53.6 Å². The summed E-state index contributed by atoms with van der Waals surface area (Å²) in [6.07, 6.45) is 6.75. The molecule has 4 rings (SSSR count). The van der Waals surface area contributed by atoms with Crippen LogP contribution in [0.1, 0.15) is 50.2 Å². The number of hydrogen-bond donors (Lipinski definition) is 0. The third kappa shape index (κ3) is 5.85. The van der Waals surface area contributed by atoms with Crippen molar-refractivity contribution < 1.29 is 22.6 Å². The zero-order valence-electron chi connectivity index (χ0n) is 20.2. The highest BCUT2D eigenvalue weighted by Crippen LogP contribution is 2.32. The Morgan fingerprint density at radius 1 is 0.857 bits per heavy atom. The second-order valence-electron chi connectivity index (χ2n) is 8.90. The van der Waals surface area contributed by atoms with Gasteiger partial charge >= 0.3 is 0 Å². The molecule has 1 saturated heterocycles. The maximum atomic E-state index is 15.0. The first kappa shape index (κ1) is 25.2. The van der Waals surface area contributed by atoms with Gasteiger partial charge in [-0.15, -0.1) is 0 Å². The van der Waals surface area contributed by atoms with Crippen molar-refractivity contribution in [2.45, 2.75) is 51.7 Å². The Labute approximate surface area is 205 Å². The molecule has 0 amide bonds. The molecule has 0 bridgehead atoms. The summed E-state index contributed by atoms with van der Waals surface area (Å²) in [5.41, 5.74) is 3.26. The minimum Gasteiger partial charge on any atom is -0.352 e. The molecule has 5 heteroatoms. The minimum atomic E-state index is -0.833. The van der Waals surface area contributed by atoms with Gasteiger partial charge in [-0.1, -0.05) is 74.0 Å². The molecular weight excluding hydrogens is 449 g/mol. The average molecular weight is 481 g/mol. The molecule has 1 aliphatic rings. The van der Waals surface area contributed by atoms with Crippen LogP contribution in [0.5, 0.6) is 0 Å². The maximum absolute atomic E-state index is 15.0. The minimum absolute atomic E-state index is 0.155. The molecule has 0 radical (unpaired) electrons. The average Bonchev–Trinajstić information content (AvgIpc) is 2.88. The second-order valence-corrected chi connectivity index (χ2v) is 8.90. The second kappa shape index (κ2) is 11.7. The van der Waals surface area contributed by atoms with Crippen molar-refractivity contribution in [3.63, 3.8) is 0 Å². The maximum Gasteiger partial charge on any atom is 0.166 e. The lowest BCUT2D eigenvalue weighted by Gasteiger charge is -2.29. The van der Waals surface area contributed by atoms with Crippen LogP contribution < -0.4 is 0 Å². The molecule has 3 aromatic rings. The third-order valence-corrected chi connectivity index (χ3v) is 6.42. The lowest BCUT2D eigenvalue weighted by Crippen LogP contribution is -2.31. The van der Waals surface area contributed by atoms with Crippen LogP contribution in [0.15, 0.2) is 66.7 Å². The highest BCUT2D eigenvalue weighted by atomic mass is 19.2. The first-order valence-corrected chi connectivity index (χ1v) is 12.2. The third-order valence-electron chi connectivity index (χ3n) is 6.42. The number of allylic oxidation sites excluding steroid dienone is 2. The quantitative estimate of drug-likeness (QED) is 0.303. The Hall–Kier alpha value is -2.89. The Morgan fingerprint density at radius 3 is 2.20 bits per heavy atom. The number of ether oxygens (including phenoxy) is 2. The lowest BCUT2D eigenvalue weighted by molar-refractivity contribution is -0.189. The van der Waals surface area contributed by atoms with Gasteiger partial charge in [0.15, 0.2) is 17.9 Å². The summed E-state index contributed by atoms with van der Waals surface area (Å²) in [7, 11) is 0. The molecule has 2 nitrogen and oxygen atoms in total. The van der Waals surface area contributed by atoms with Crippen molar-refractivity contribution in [1.82, 2.24) is 0 Å². The summed E-state index contributed by atoms with van der Waals surface area (Å²) in [5, 5.41) is 0. The molecule has 0 aromatic heterocycles. The molecule has 1 heterocycles. The number of halogens is 3. The van der Waals surface area contributed by atoms with Crippen LogP contribution in [-0.4, -0.2) is 19.5 Å². The fourth-order valence-electron chi connectivity index (χ4n) is 4.44. The molecule has 1 fully saturated rings. The SMILES string of the molecule is C/C=C/CCC1OCC(c2ccc(-c3ccc(-c4ccc(CCC)c(F)c4F)cc3)cc2F)CO1. The summed E-state index contributed by atoms with van der Waals surface area (Å²) in [4.78, 5) is 0. The number of hydrogen-bond acceptors (Lipinski definition) is 2. The van der Waals surface area contributed by atoms with Gasteiger partial charge in [-0.3, -0.25) is 0 Å². The molecule has 35 heavy (non-hydrogen) atoms. The van der Waals surface area contributed by atoms with E-state index in [4.69, 9.17) is 9.47 Å². The molecule has 1 aliphatic heterocycles. The van der Waals surface area contributed by atoms with Gasteiger partial charge in [0, 0.05) is 17.9 Å². The molecule has 0 atom stereocenters. The molecular formula is C30H31F3O2. The molecule has 0 spiro atoms. The first-order chi connectivity index (χ1) is 17.0. The van der Waals surface area contributed by atoms with Gasteiger partial charge in [-0.2, -0.15) is 0 Å². The van der Waals surface area contributed by atoms with Gasteiger partial charge in [0.05, 0.1) is 13.2 Å². The van der Waals surface area contributed by atoms with Crippen LogP contribution in [0.4, 0.5) is 13.2 Å². The van der Waals surface area contributed by atoms with Gasteiger partial charge in [0.25, 0.3) is 0 Å². The number of rotatable bonds is 8. The van der Waals surface area contributed by atoms with Crippen LogP contribution >= 0.6 is 0 Å². The van der Waals surface area contributed by atoms with E-state index < -0.39 is 11.6 Å². The lowest BCUT2D eigenvalue weighted by atomic mass is 9.94.